The topological polar surface area (TPSA) is 52.5 Å². The van der Waals surface area contributed by atoms with Crippen LogP contribution in [-0.4, -0.2) is 17.3 Å². The largest absolute Gasteiger partial charge is 0.454 e. The number of nitrogens with one attached hydrogen (secondary N) is 1. The van der Waals surface area contributed by atoms with Crippen molar-refractivity contribution in [3.8, 4) is 28.4 Å². The second-order valence-corrected chi connectivity index (χ2v) is 7.59. The van der Waals surface area contributed by atoms with Gasteiger partial charge in [-0.05, 0) is 49.7 Å². The van der Waals surface area contributed by atoms with Gasteiger partial charge in [-0.15, -0.1) is 0 Å². The van der Waals surface area contributed by atoms with Gasteiger partial charge < -0.3 is 19.4 Å². The van der Waals surface area contributed by atoms with Gasteiger partial charge in [0.25, 0.3) is 5.91 Å². The number of benzene rings is 3. The van der Waals surface area contributed by atoms with Gasteiger partial charge in [0.1, 0.15) is 0 Å². The number of aromatic nitrogens is 1. The highest BCUT2D eigenvalue weighted by Gasteiger charge is 2.22. The third kappa shape index (κ3) is 3.55. The van der Waals surface area contributed by atoms with E-state index in [2.05, 4.69) is 9.88 Å². The van der Waals surface area contributed by atoms with E-state index in [9.17, 15) is 4.79 Å². The summed E-state index contributed by atoms with van der Waals surface area (Å²) in [5, 5.41) is 3.01. The van der Waals surface area contributed by atoms with Crippen molar-refractivity contribution in [2.45, 2.75) is 13.8 Å². The molecule has 1 aliphatic rings. The highest BCUT2D eigenvalue weighted by atomic mass is 16.7. The fraction of sp³-hybridized carbons (Fsp3) is 0.115. The van der Waals surface area contributed by atoms with E-state index in [0.717, 1.165) is 39.6 Å². The minimum atomic E-state index is -0.141. The van der Waals surface area contributed by atoms with Gasteiger partial charge in [0.05, 0.1) is 11.3 Å². The van der Waals surface area contributed by atoms with Crippen LogP contribution in [-0.2, 0) is 0 Å². The van der Waals surface area contributed by atoms with Gasteiger partial charge in [-0.3, -0.25) is 4.79 Å². The van der Waals surface area contributed by atoms with Crippen molar-refractivity contribution in [3.05, 3.63) is 95.7 Å². The van der Waals surface area contributed by atoms with Crippen LogP contribution in [0.3, 0.4) is 0 Å². The predicted molar refractivity (Wildman–Crippen MR) is 121 cm³/mol. The lowest BCUT2D eigenvalue weighted by Crippen LogP contribution is -2.13. The normalized spacial score (nSPS) is 12.1. The van der Waals surface area contributed by atoms with Crippen molar-refractivity contribution in [2.75, 3.05) is 12.1 Å². The molecule has 5 nitrogen and oxygen atoms in total. The van der Waals surface area contributed by atoms with Crippen LogP contribution in [0.15, 0.2) is 78.9 Å². The Balaban J connectivity index is 1.60. The molecule has 1 aliphatic heterocycles. The van der Waals surface area contributed by atoms with Crippen LogP contribution in [0.4, 0.5) is 5.69 Å². The van der Waals surface area contributed by atoms with Crippen molar-refractivity contribution in [1.29, 1.82) is 0 Å². The second-order valence-electron chi connectivity index (χ2n) is 7.59. The van der Waals surface area contributed by atoms with Gasteiger partial charge >= 0.3 is 0 Å². The first-order chi connectivity index (χ1) is 15.1. The van der Waals surface area contributed by atoms with E-state index in [1.165, 1.54) is 0 Å². The summed E-state index contributed by atoms with van der Waals surface area (Å²) in [6.45, 7) is 4.20. The lowest BCUT2D eigenvalue weighted by molar-refractivity contribution is 0.102. The number of carbonyl (C=O) groups excluding carboxylic acids is 1. The Morgan fingerprint density at radius 3 is 2.39 bits per heavy atom. The number of rotatable bonds is 4. The molecular formula is C26H22N2O3. The highest BCUT2D eigenvalue weighted by Crippen LogP contribution is 2.37. The average Bonchev–Trinajstić information content (AvgIpc) is 3.39. The molecule has 0 fully saturated rings. The summed E-state index contributed by atoms with van der Waals surface area (Å²) in [6, 6.07) is 25.6. The maximum atomic E-state index is 13.2. The number of amides is 1. The van der Waals surface area contributed by atoms with Crippen molar-refractivity contribution >= 4 is 11.6 Å². The Bertz CT molecular complexity index is 1260. The maximum absolute atomic E-state index is 13.2. The van der Waals surface area contributed by atoms with Gasteiger partial charge in [0.15, 0.2) is 11.5 Å². The van der Waals surface area contributed by atoms with Gasteiger partial charge in [-0.2, -0.15) is 0 Å². The van der Waals surface area contributed by atoms with Crippen molar-refractivity contribution in [1.82, 2.24) is 4.57 Å². The summed E-state index contributed by atoms with van der Waals surface area (Å²) >= 11 is 0. The van der Waals surface area contributed by atoms with Crippen LogP contribution in [0.2, 0.25) is 0 Å². The molecule has 5 rings (SSSR count). The predicted octanol–water partition coefficient (Wildman–Crippen LogP) is 5.74. The van der Waals surface area contributed by atoms with Gasteiger partial charge in [-0.1, -0.05) is 48.0 Å². The lowest BCUT2D eigenvalue weighted by Gasteiger charge is -2.13. The van der Waals surface area contributed by atoms with Crippen molar-refractivity contribution in [3.63, 3.8) is 0 Å². The molecule has 154 valence electrons. The Kier molecular flexibility index (Phi) is 4.71. The zero-order valence-electron chi connectivity index (χ0n) is 17.4. The Labute approximate surface area is 180 Å². The molecule has 0 saturated carbocycles. The number of anilines is 1. The smallest absolute Gasteiger partial charge is 0.257 e. The standard InChI is InChI=1S/C26H22N2O3/c1-17-8-10-20(11-9-17)27-26(29)22-15-23(19-6-4-3-5-7-19)28(18(22)2)21-12-13-24-25(14-21)31-16-30-24/h3-15H,16H2,1-2H3,(H,27,29). The minimum Gasteiger partial charge on any atom is -0.454 e. The summed E-state index contributed by atoms with van der Waals surface area (Å²) < 4.78 is 13.1. The molecule has 5 heteroatoms. The SMILES string of the molecule is Cc1ccc(NC(=O)c2cc(-c3ccccc3)n(-c3ccc4c(c3)OCO4)c2C)cc1. The first kappa shape index (κ1) is 19.0. The number of hydrogen-bond acceptors (Lipinski definition) is 3. The third-order valence-corrected chi connectivity index (χ3v) is 5.49. The number of aryl methyl sites for hydroxylation is 1. The molecule has 0 atom stereocenters. The lowest BCUT2D eigenvalue weighted by atomic mass is 10.1. The van der Waals surface area contributed by atoms with Crippen molar-refractivity contribution < 1.29 is 14.3 Å². The van der Waals surface area contributed by atoms with Gasteiger partial charge in [-0.25, -0.2) is 0 Å². The quantitative estimate of drug-likeness (QED) is 0.467. The van der Waals surface area contributed by atoms with E-state index in [1.54, 1.807) is 0 Å². The molecule has 0 aliphatic carbocycles. The molecule has 0 unspecified atom stereocenters. The van der Waals surface area contributed by atoms with Crippen molar-refractivity contribution in [2.24, 2.45) is 0 Å². The van der Waals surface area contributed by atoms with E-state index in [4.69, 9.17) is 9.47 Å². The van der Waals surface area contributed by atoms with Crippen LogP contribution in [0.25, 0.3) is 16.9 Å². The summed E-state index contributed by atoms with van der Waals surface area (Å²) in [7, 11) is 0. The fourth-order valence-electron chi connectivity index (χ4n) is 3.85. The molecule has 1 aromatic heterocycles. The van der Waals surface area contributed by atoms with E-state index in [1.807, 2.05) is 92.7 Å². The summed E-state index contributed by atoms with van der Waals surface area (Å²) in [5.74, 6) is 1.29. The first-order valence-electron chi connectivity index (χ1n) is 10.2. The molecule has 2 heterocycles. The maximum Gasteiger partial charge on any atom is 0.257 e. The summed E-state index contributed by atoms with van der Waals surface area (Å²) in [6.07, 6.45) is 0. The molecule has 3 aromatic carbocycles. The number of carbonyl (C=O) groups is 1. The molecule has 0 radical (unpaired) electrons. The number of nitrogens with zero attached hydrogens (tertiary/aromatic N) is 1. The Morgan fingerprint density at radius 1 is 0.871 bits per heavy atom. The van der Waals surface area contributed by atoms with Crippen LogP contribution < -0.4 is 14.8 Å². The number of hydrogen-bond donors (Lipinski definition) is 1. The van der Waals surface area contributed by atoms with Gasteiger partial charge in [0.2, 0.25) is 6.79 Å². The summed E-state index contributed by atoms with van der Waals surface area (Å²) in [5.41, 5.74) is 6.26. The van der Waals surface area contributed by atoms with Crippen LogP contribution >= 0.6 is 0 Å². The first-order valence-corrected chi connectivity index (χ1v) is 10.2. The second kappa shape index (κ2) is 7.69. The van der Waals surface area contributed by atoms with Crippen LogP contribution in [0.5, 0.6) is 11.5 Å². The zero-order valence-corrected chi connectivity index (χ0v) is 17.4. The number of ether oxygens (including phenoxy) is 2. The molecule has 4 aromatic rings. The monoisotopic (exact) mass is 410 g/mol. The van der Waals surface area contributed by atoms with Crippen LogP contribution in [0, 0.1) is 13.8 Å². The van der Waals surface area contributed by atoms with E-state index in [-0.39, 0.29) is 12.7 Å². The Morgan fingerprint density at radius 2 is 1.61 bits per heavy atom. The average molecular weight is 410 g/mol. The minimum absolute atomic E-state index is 0.141. The molecule has 31 heavy (non-hydrogen) atoms. The zero-order chi connectivity index (χ0) is 21.4. The molecule has 0 spiro atoms. The molecule has 0 bridgehead atoms. The van der Waals surface area contributed by atoms with E-state index >= 15 is 0 Å². The van der Waals surface area contributed by atoms with E-state index < -0.39 is 0 Å². The molecule has 1 amide bonds. The summed E-state index contributed by atoms with van der Waals surface area (Å²) in [4.78, 5) is 13.2. The Hall–Kier alpha value is -3.99. The van der Waals surface area contributed by atoms with Gasteiger partial charge in [0, 0.05) is 23.1 Å². The van der Waals surface area contributed by atoms with E-state index in [0.29, 0.717) is 11.3 Å². The third-order valence-electron chi connectivity index (χ3n) is 5.49. The highest BCUT2D eigenvalue weighted by molar-refractivity contribution is 6.06. The molecule has 0 saturated heterocycles. The fourth-order valence-corrected chi connectivity index (χ4v) is 3.85. The molecule has 1 N–H and O–H groups in total. The number of fused-ring (bicyclic) bond motifs is 1. The van der Waals surface area contributed by atoms with Crippen LogP contribution in [0.1, 0.15) is 21.6 Å². The molecular weight excluding hydrogens is 388 g/mol.